The van der Waals surface area contributed by atoms with Crippen molar-refractivity contribution in [1.29, 1.82) is 0 Å². The fourth-order valence-corrected chi connectivity index (χ4v) is 8.16. The van der Waals surface area contributed by atoms with Gasteiger partial charge in [0.15, 0.2) is 23.3 Å². The SMILES string of the molecule is c1ccc(-c2nc(-c3cccc(-c4cccc(-c5nc(-c6ccccc6)nc(-c6ccccc6)n5)c4)c3)cc(-c3ccc4c5ccccc5c5ccccc5c4c3)n2)cc1. The predicted octanol–water partition coefficient (Wildman–Crippen LogP) is 13.8. The fraction of sp³-hybridized carbons (Fsp3) is 0. The summed E-state index contributed by atoms with van der Waals surface area (Å²) in [5, 5.41) is 7.41. The zero-order chi connectivity index (χ0) is 39.8. The Kier molecular flexibility index (Phi) is 8.75. The normalized spacial score (nSPS) is 11.3. The minimum absolute atomic E-state index is 0.616. The van der Waals surface area contributed by atoms with Crippen molar-refractivity contribution in [2.45, 2.75) is 0 Å². The van der Waals surface area contributed by atoms with Crippen molar-refractivity contribution in [3.8, 4) is 79.2 Å². The zero-order valence-electron chi connectivity index (χ0n) is 32.4. The van der Waals surface area contributed by atoms with Crippen LogP contribution in [0.4, 0.5) is 0 Å². The van der Waals surface area contributed by atoms with Crippen molar-refractivity contribution in [3.63, 3.8) is 0 Å². The van der Waals surface area contributed by atoms with Crippen molar-refractivity contribution < 1.29 is 0 Å². The second kappa shape index (κ2) is 15.0. The van der Waals surface area contributed by atoms with Gasteiger partial charge in [0.05, 0.1) is 11.4 Å². The molecule has 5 heteroatoms. The van der Waals surface area contributed by atoms with E-state index >= 15 is 0 Å². The molecule has 0 atom stereocenters. The average molecular weight is 766 g/mol. The van der Waals surface area contributed by atoms with Gasteiger partial charge in [-0.15, -0.1) is 0 Å². The highest BCUT2D eigenvalue weighted by atomic mass is 15.0. The Balaban J connectivity index is 1.02. The average Bonchev–Trinajstić information content (AvgIpc) is 3.34. The Hall–Kier alpha value is -8.15. The van der Waals surface area contributed by atoms with Crippen LogP contribution in [0.1, 0.15) is 0 Å². The molecule has 0 aliphatic heterocycles. The second-order valence-electron chi connectivity index (χ2n) is 14.9. The largest absolute Gasteiger partial charge is 0.228 e. The molecule has 11 aromatic rings. The summed E-state index contributed by atoms with van der Waals surface area (Å²) in [6, 6.07) is 73.5. The van der Waals surface area contributed by atoms with Crippen LogP contribution >= 0.6 is 0 Å². The summed E-state index contributed by atoms with van der Waals surface area (Å²) < 4.78 is 0. The maximum atomic E-state index is 5.20. The topological polar surface area (TPSA) is 64.5 Å². The molecule has 2 heterocycles. The third kappa shape index (κ3) is 6.54. The molecular weight excluding hydrogens is 731 g/mol. The molecule has 0 saturated heterocycles. The van der Waals surface area contributed by atoms with Crippen LogP contribution in [-0.2, 0) is 0 Å². The van der Waals surface area contributed by atoms with E-state index in [4.69, 9.17) is 24.9 Å². The van der Waals surface area contributed by atoms with Crippen LogP contribution in [0.15, 0.2) is 212 Å². The number of hydrogen-bond donors (Lipinski definition) is 0. The Morgan fingerprint density at radius 2 is 0.517 bits per heavy atom. The highest BCUT2D eigenvalue weighted by molar-refractivity contribution is 6.25. The summed E-state index contributed by atoms with van der Waals surface area (Å²) in [5.74, 6) is 2.56. The molecule has 0 bridgehead atoms. The van der Waals surface area contributed by atoms with E-state index in [0.29, 0.717) is 23.3 Å². The Bertz CT molecular complexity index is 3270. The van der Waals surface area contributed by atoms with E-state index in [-0.39, 0.29) is 0 Å². The van der Waals surface area contributed by atoms with E-state index in [1.165, 1.54) is 32.3 Å². The van der Waals surface area contributed by atoms with Crippen LogP contribution in [0.2, 0.25) is 0 Å². The van der Waals surface area contributed by atoms with Gasteiger partial charge in [-0.2, -0.15) is 0 Å². The summed E-state index contributed by atoms with van der Waals surface area (Å²) in [6.45, 7) is 0. The molecule has 0 saturated carbocycles. The van der Waals surface area contributed by atoms with Crippen molar-refractivity contribution >= 4 is 32.3 Å². The van der Waals surface area contributed by atoms with Crippen molar-refractivity contribution in [2.75, 3.05) is 0 Å². The second-order valence-corrected chi connectivity index (χ2v) is 14.9. The lowest BCUT2D eigenvalue weighted by Gasteiger charge is -2.13. The predicted molar refractivity (Wildman–Crippen MR) is 246 cm³/mol. The number of aromatic nitrogens is 5. The molecule has 0 aliphatic rings. The molecule has 60 heavy (non-hydrogen) atoms. The number of nitrogens with zero attached hydrogens (tertiary/aromatic N) is 5. The molecule has 0 amide bonds. The Morgan fingerprint density at radius 3 is 1.02 bits per heavy atom. The van der Waals surface area contributed by atoms with Gasteiger partial charge in [0.1, 0.15) is 0 Å². The lowest BCUT2D eigenvalue weighted by molar-refractivity contribution is 1.07. The first kappa shape index (κ1) is 35.0. The monoisotopic (exact) mass is 765 g/mol. The van der Waals surface area contributed by atoms with Crippen LogP contribution < -0.4 is 0 Å². The van der Waals surface area contributed by atoms with Gasteiger partial charge in [0.25, 0.3) is 0 Å². The quantitative estimate of drug-likeness (QED) is 0.151. The molecule has 0 spiro atoms. The first-order valence-corrected chi connectivity index (χ1v) is 20.1. The first-order valence-electron chi connectivity index (χ1n) is 20.1. The van der Waals surface area contributed by atoms with E-state index in [2.05, 4.69) is 133 Å². The molecule has 0 radical (unpaired) electrons. The summed E-state index contributed by atoms with van der Waals surface area (Å²) >= 11 is 0. The van der Waals surface area contributed by atoms with Gasteiger partial charge >= 0.3 is 0 Å². The number of hydrogen-bond acceptors (Lipinski definition) is 5. The molecule has 0 aliphatic carbocycles. The summed E-state index contributed by atoms with van der Waals surface area (Å²) in [6.07, 6.45) is 0. The molecule has 5 nitrogen and oxygen atoms in total. The zero-order valence-corrected chi connectivity index (χ0v) is 32.4. The van der Waals surface area contributed by atoms with Crippen LogP contribution in [-0.4, -0.2) is 24.9 Å². The summed E-state index contributed by atoms with van der Waals surface area (Å²) in [7, 11) is 0. The lowest BCUT2D eigenvalue weighted by Crippen LogP contribution is -2.00. The Morgan fingerprint density at radius 1 is 0.183 bits per heavy atom. The molecular formula is C55H35N5. The molecule has 0 unspecified atom stereocenters. The van der Waals surface area contributed by atoms with Gasteiger partial charge in [-0.1, -0.05) is 188 Å². The van der Waals surface area contributed by atoms with Crippen LogP contribution in [0, 0.1) is 0 Å². The van der Waals surface area contributed by atoms with Gasteiger partial charge < -0.3 is 0 Å². The molecule has 0 fully saturated rings. The molecule has 0 N–H and O–H groups in total. The molecule has 2 aromatic heterocycles. The lowest BCUT2D eigenvalue weighted by atomic mass is 9.92. The van der Waals surface area contributed by atoms with E-state index < -0.39 is 0 Å². The molecule has 280 valence electrons. The van der Waals surface area contributed by atoms with E-state index in [1.807, 2.05) is 78.9 Å². The van der Waals surface area contributed by atoms with Crippen molar-refractivity contribution in [3.05, 3.63) is 212 Å². The van der Waals surface area contributed by atoms with E-state index in [9.17, 15) is 0 Å². The molecule has 9 aromatic carbocycles. The minimum atomic E-state index is 0.616. The maximum Gasteiger partial charge on any atom is 0.164 e. The smallest absolute Gasteiger partial charge is 0.164 e. The van der Waals surface area contributed by atoms with Gasteiger partial charge in [-0.3, -0.25) is 0 Å². The van der Waals surface area contributed by atoms with Crippen LogP contribution in [0.25, 0.3) is 112 Å². The standard InChI is InChI=1S/C55H35N5/c1-4-16-36(17-5-1)52-56-50(35-51(57-52)42-30-31-48-46-28-11-10-26-44(46)45-27-12-13-29-47(45)49(48)34-42)41-24-14-22-39(32-41)40-23-15-25-43(33-40)55-59-53(37-18-6-2-7-19-37)58-54(60-55)38-20-8-3-9-21-38/h1-35H. The van der Waals surface area contributed by atoms with E-state index in [1.54, 1.807) is 0 Å². The third-order valence-corrected chi connectivity index (χ3v) is 11.1. The fourth-order valence-electron chi connectivity index (χ4n) is 8.16. The minimum Gasteiger partial charge on any atom is -0.228 e. The van der Waals surface area contributed by atoms with Gasteiger partial charge in [-0.25, -0.2) is 24.9 Å². The summed E-state index contributed by atoms with van der Waals surface area (Å²) in [5.41, 5.74) is 9.58. The number of rotatable bonds is 7. The van der Waals surface area contributed by atoms with Crippen molar-refractivity contribution in [1.82, 2.24) is 24.9 Å². The van der Waals surface area contributed by atoms with Gasteiger partial charge in [0.2, 0.25) is 0 Å². The Labute approximate surface area is 347 Å². The van der Waals surface area contributed by atoms with E-state index in [0.717, 1.165) is 55.9 Å². The molecule has 11 rings (SSSR count). The van der Waals surface area contributed by atoms with Crippen LogP contribution in [0.3, 0.4) is 0 Å². The van der Waals surface area contributed by atoms with Gasteiger partial charge in [-0.05, 0) is 67.7 Å². The van der Waals surface area contributed by atoms with Crippen molar-refractivity contribution in [2.24, 2.45) is 0 Å². The summed E-state index contributed by atoms with van der Waals surface area (Å²) in [4.78, 5) is 25.3. The first-order chi connectivity index (χ1) is 29.7. The number of fused-ring (bicyclic) bond motifs is 6. The highest BCUT2D eigenvalue weighted by Crippen LogP contribution is 2.38. The maximum absolute atomic E-state index is 5.20. The van der Waals surface area contributed by atoms with Gasteiger partial charge in [0, 0.05) is 33.4 Å². The highest BCUT2D eigenvalue weighted by Gasteiger charge is 2.16. The number of benzene rings is 9. The third-order valence-electron chi connectivity index (χ3n) is 11.1. The van der Waals surface area contributed by atoms with Crippen LogP contribution in [0.5, 0.6) is 0 Å².